The largest absolute Gasteiger partial charge is 0.505 e. The van der Waals surface area contributed by atoms with Crippen LogP contribution in [0.3, 0.4) is 0 Å². The van der Waals surface area contributed by atoms with Crippen LogP contribution >= 0.6 is 11.6 Å². The summed E-state index contributed by atoms with van der Waals surface area (Å²) in [5, 5.41) is 42.6. The molecule has 1 heterocycles. The third kappa shape index (κ3) is 7.84. The summed E-state index contributed by atoms with van der Waals surface area (Å²) in [5.41, 5.74) is -2.25. The van der Waals surface area contributed by atoms with Crippen LogP contribution in [0.4, 0.5) is 34.6 Å². The number of hydrogen-bond acceptors (Lipinski definition) is 16. The fourth-order valence-electron chi connectivity index (χ4n) is 4.33. The molecule has 0 atom stereocenters. The van der Waals surface area contributed by atoms with Crippen LogP contribution in [0.25, 0.3) is 10.8 Å². The first kappa shape index (κ1) is 35.7. The highest BCUT2D eigenvalue weighted by Crippen LogP contribution is 2.46. The summed E-state index contributed by atoms with van der Waals surface area (Å²) in [6.07, 6.45) is 0. The van der Waals surface area contributed by atoms with Gasteiger partial charge in [-0.2, -0.15) is 40.2 Å². The van der Waals surface area contributed by atoms with E-state index in [1.165, 1.54) is 18.2 Å². The number of nitrogens with zero attached hydrogens (tertiary/aromatic N) is 5. The van der Waals surface area contributed by atoms with Crippen LogP contribution in [0.2, 0.25) is 5.02 Å². The van der Waals surface area contributed by atoms with Crippen LogP contribution in [0.15, 0.2) is 85.6 Å². The zero-order valence-corrected chi connectivity index (χ0v) is 27.4. The molecular formula is C26H18ClN7O13S3. The lowest BCUT2D eigenvalue weighted by Gasteiger charge is -2.15. The van der Waals surface area contributed by atoms with Crippen molar-refractivity contribution in [2.75, 3.05) is 10.6 Å². The molecule has 24 heteroatoms. The van der Waals surface area contributed by atoms with Crippen molar-refractivity contribution in [2.45, 2.75) is 14.7 Å². The number of hydrogen-bond donors (Lipinski definition) is 8. The zero-order chi connectivity index (χ0) is 36.8. The molecule has 50 heavy (non-hydrogen) atoms. The van der Waals surface area contributed by atoms with Crippen LogP contribution in [0, 0.1) is 0 Å². The highest BCUT2D eigenvalue weighted by atomic mass is 35.5. The number of aromatic nitrogens is 3. The van der Waals surface area contributed by atoms with Crippen molar-refractivity contribution < 1.29 is 59.0 Å². The molecule has 0 saturated carbocycles. The summed E-state index contributed by atoms with van der Waals surface area (Å²) in [4.78, 5) is 20.5. The monoisotopic (exact) mass is 767 g/mol. The molecule has 5 rings (SSSR count). The standard InChI is InChI=1S/C26H18ClN7O13S3/c27-12-4-5-17(16(8-12)23(36)37)33-34-21-19(50(45,46)47)7-11-6-15(49(42,43)44)10-18(20(11)22(21)35)29-25-30-24(31-26(38)32-25)28-13-2-1-3-14(9-13)48(39,40)41/h1-10,35H,(H,36,37)(H,39,40,41)(H,42,43,44)(H,45,46,47)(H3,28,29,30,31,32,38). The highest BCUT2D eigenvalue weighted by Gasteiger charge is 2.26. The second-order valence-electron chi connectivity index (χ2n) is 9.79. The van der Waals surface area contributed by atoms with E-state index in [2.05, 4.69) is 35.8 Å². The van der Waals surface area contributed by atoms with Gasteiger partial charge in [0.1, 0.15) is 16.3 Å². The second kappa shape index (κ2) is 13.0. The van der Waals surface area contributed by atoms with E-state index in [4.69, 9.17) is 11.6 Å². The van der Waals surface area contributed by atoms with Gasteiger partial charge in [-0.1, -0.05) is 17.7 Å². The van der Waals surface area contributed by atoms with E-state index in [1.807, 2.05) is 0 Å². The van der Waals surface area contributed by atoms with Crippen molar-refractivity contribution in [1.29, 1.82) is 0 Å². The highest BCUT2D eigenvalue weighted by molar-refractivity contribution is 7.86. The van der Waals surface area contributed by atoms with Gasteiger partial charge in [0, 0.05) is 16.1 Å². The molecule has 0 aliphatic heterocycles. The van der Waals surface area contributed by atoms with Crippen molar-refractivity contribution in [3.8, 4) is 11.8 Å². The Balaban J connectivity index is 1.69. The smallest absolute Gasteiger partial charge is 0.338 e. The lowest BCUT2D eigenvalue weighted by molar-refractivity contribution is 0.0697. The molecule has 4 aromatic carbocycles. The molecule has 0 aliphatic carbocycles. The van der Waals surface area contributed by atoms with Crippen LogP contribution in [0.1, 0.15) is 10.4 Å². The third-order valence-corrected chi connectivity index (χ3v) is 9.19. The number of phenolic OH excluding ortho intramolecular Hbond substituents is 1. The summed E-state index contributed by atoms with van der Waals surface area (Å²) < 4.78 is 101. The van der Waals surface area contributed by atoms with Crippen molar-refractivity contribution in [2.24, 2.45) is 10.2 Å². The molecule has 0 radical (unpaired) electrons. The molecule has 0 aliphatic rings. The number of nitrogens with one attached hydrogen (secondary N) is 2. The Labute approximate surface area is 285 Å². The Bertz CT molecular complexity index is 2600. The van der Waals surface area contributed by atoms with E-state index in [0.29, 0.717) is 6.07 Å². The summed E-state index contributed by atoms with van der Waals surface area (Å²) in [5.74, 6) is -3.59. The molecule has 0 saturated heterocycles. The Morgan fingerprint density at radius 3 is 2.02 bits per heavy atom. The van der Waals surface area contributed by atoms with Gasteiger partial charge in [-0.3, -0.25) is 13.7 Å². The minimum absolute atomic E-state index is 0.00706. The minimum atomic E-state index is -5.27. The first-order valence-electron chi connectivity index (χ1n) is 13.0. The van der Waals surface area contributed by atoms with Crippen molar-refractivity contribution in [1.82, 2.24) is 15.0 Å². The quantitative estimate of drug-likeness (QED) is 0.0719. The molecular weight excluding hydrogens is 750 g/mol. The molecule has 0 amide bonds. The molecule has 20 nitrogen and oxygen atoms in total. The number of halogens is 1. The van der Waals surface area contributed by atoms with Gasteiger partial charge in [0.05, 0.1) is 21.0 Å². The molecule has 0 fully saturated rings. The van der Waals surface area contributed by atoms with Gasteiger partial charge >= 0.3 is 12.0 Å². The average molecular weight is 768 g/mol. The predicted molar refractivity (Wildman–Crippen MR) is 172 cm³/mol. The maximum atomic E-state index is 12.4. The van der Waals surface area contributed by atoms with Crippen LogP contribution in [-0.4, -0.2) is 75.2 Å². The molecule has 260 valence electrons. The maximum absolute atomic E-state index is 12.4. The first-order chi connectivity index (χ1) is 23.2. The molecule has 8 N–H and O–H groups in total. The Hall–Kier alpha value is -5.56. The van der Waals surface area contributed by atoms with E-state index in [9.17, 15) is 59.0 Å². The number of anilines is 4. The number of phenols is 1. The lowest BCUT2D eigenvalue weighted by Crippen LogP contribution is -2.06. The summed E-state index contributed by atoms with van der Waals surface area (Å²) in [6.45, 7) is 0. The fourth-order valence-corrected chi connectivity index (χ4v) is 6.23. The van der Waals surface area contributed by atoms with Gasteiger partial charge in [-0.25, -0.2) is 4.79 Å². The lowest BCUT2D eigenvalue weighted by atomic mass is 10.1. The topological polar surface area (TPSA) is 328 Å². The second-order valence-corrected chi connectivity index (χ2v) is 14.5. The first-order valence-corrected chi connectivity index (χ1v) is 17.7. The number of fused-ring (bicyclic) bond motifs is 1. The van der Waals surface area contributed by atoms with Crippen LogP contribution < -0.4 is 10.6 Å². The van der Waals surface area contributed by atoms with E-state index < -0.39 is 102 Å². The van der Waals surface area contributed by atoms with Crippen molar-refractivity contribution in [3.05, 3.63) is 71.2 Å². The van der Waals surface area contributed by atoms with Gasteiger partial charge in [0.2, 0.25) is 11.9 Å². The SMILES string of the molecule is O=C(O)c1cc(Cl)ccc1N=Nc1c(S(=O)(=O)O)cc2cc(S(=O)(=O)O)cc(Nc3nc(O)nc(Nc4cccc(S(=O)(=O)O)c4)n3)c2c1O. The summed E-state index contributed by atoms with van der Waals surface area (Å²) in [7, 11) is -14.9. The normalized spacial score (nSPS) is 12.3. The minimum Gasteiger partial charge on any atom is -0.505 e. The molecule has 0 bridgehead atoms. The Morgan fingerprint density at radius 1 is 0.740 bits per heavy atom. The van der Waals surface area contributed by atoms with Gasteiger partial charge in [0.15, 0.2) is 5.75 Å². The molecule has 0 spiro atoms. The number of rotatable bonds is 10. The number of carboxylic acid groups (broad SMARTS) is 1. The molecule has 0 unspecified atom stereocenters. The van der Waals surface area contributed by atoms with E-state index in [-0.39, 0.29) is 16.4 Å². The zero-order valence-electron chi connectivity index (χ0n) is 24.2. The van der Waals surface area contributed by atoms with Crippen molar-refractivity contribution >= 4 is 93.3 Å². The number of carboxylic acids is 1. The maximum Gasteiger partial charge on any atom is 0.338 e. The third-order valence-electron chi connectivity index (χ3n) is 6.40. The van der Waals surface area contributed by atoms with Crippen molar-refractivity contribution in [3.63, 3.8) is 0 Å². The predicted octanol–water partition coefficient (Wildman–Crippen LogP) is 4.43. The van der Waals surface area contributed by atoms with E-state index in [0.717, 1.165) is 36.4 Å². The van der Waals surface area contributed by atoms with Crippen LogP contribution in [0.5, 0.6) is 11.8 Å². The molecule has 5 aromatic rings. The number of benzene rings is 4. The van der Waals surface area contributed by atoms with E-state index >= 15 is 0 Å². The van der Waals surface area contributed by atoms with Gasteiger partial charge in [-0.15, -0.1) is 10.2 Å². The van der Waals surface area contributed by atoms with Gasteiger partial charge in [0.25, 0.3) is 30.4 Å². The number of carbonyl (C=O) groups is 1. The Kier molecular flexibility index (Phi) is 9.33. The average Bonchev–Trinajstić information content (AvgIpc) is 2.99. The molecule has 1 aromatic heterocycles. The Morgan fingerprint density at radius 2 is 1.40 bits per heavy atom. The summed E-state index contributed by atoms with van der Waals surface area (Å²) >= 11 is 5.84. The van der Waals surface area contributed by atoms with Gasteiger partial charge in [-0.05, 0) is 60.0 Å². The number of aromatic hydroxyl groups is 2. The van der Waals surface area contributed by atoms with Crippen LogP contribution in [-0.2, 0) is 30.4 Å². The van der Waals surface area contributed by atoms with E-state index in [1.54, 1.807) is 0 Å². The number of azo groups is 1. The summed E-state index contributed by atoms with van der Waals surface area (Å²) in [6, 6.07) is 9.24. The van der Waals surface area contributed by atoms with Gasteiger partial charge < -0.3 is 26.0 Å². The fraction of sp³-hybridized carbons (Fsp3) is 0. The number of aromatic carboxylic acids is 1.